The molecule has 1 amide bonds. The second-order valence-electron chi connectivity index (χ2n) is 6.44. The highest BCUT2D eigenvalue weighted by Crippen LogP contribution is 2.22. The van der Waals surface area contributed by atoms with E-state index < -0.39 is 0 Å². The Labute approximate surface area is 162 Å². The van der Waals surface area contributed by atoms with Gasteiger partial charge in [0.15, 0.2) is 0 Å². The van der Waals surface area contributed by atoms with Crippen LogP contribution in [-0.4, -0.2) is 10.9 Å². The first-order chi connectivity index (χ1) is 13.7. The fraction of sp³-hybridized carbons (Fsp3) is 0.0435. The highest BCUT2D eigenvalue weighted by molar-refractivity contribution is 5.95. The lowest BCUT2D eigenvalue weighted by molar-refractivity contribution is -0.115. The van der Waals surface area contributed by atoms with Gasteiger partial charge in [0.2, 0.25) is 5.91 Å². The second kappa shape index (κ2) is 7.68. The number of H-pyrrole nitrogens is 1. The number of nitrogens with one attached hydrogen (secondary N) is 3. The largest absolute Gasteiger partial charge is 0.361 e. The van der Waals surface area contributed by atoms with Crippen molar-refractivity contribution in [3.05, 3.63) is 90.1 Å². The van der Waals surface area contributed by atoms with E-state index in [9.17, 15) is 10.1 Å². The number of carbonyl (C=O) groups excluding carboxylic acids is 1. The van der Waals surface area contributed by atoms with E-state index in [1.54, 1.807) is 6.07 Å². The van der Waals surface area contributed by atoms with E-state index in [2.05, 4.69) is 21.7 Å². The summed E-state index contributed by atoms with van der Waals surface area (Å²) < 4.78 is 0. The molecule has 0 aliphatic heterocycles. The third-order valence-corrected chi connectivity index (χ3v) is 4.52. The number of nitriles is 1. The predicted octanol–water partition coefficient (Wildman–Crippen LogP) is 4.96. The van der Waals surface area contributed by atoms with Crippen LogP contribution >= 0.6 is 0 Å². The number of hydrogen-bond acceptors (Lipinski definition) is 3. The minimum absolute atomic E-state index is 0.0692. The molecule has 5 nitrogen and oxygen atoms in total. The Hall–Kier alpha value is -4.04. The van der Waals surface area contributed by atoms with Crippen LogP contribution < -0.4 is 10.6 Å². The van der Waals surface area contributed by atoms with Crippen molar-refractivity contribution in [3.8, 4) is 6.07 Å². The van der Waals surface area contributed by atoms with Crippen molar-refractivity contribution in [2.75, 3.05) is 10.6 Å². The maximum absolute atomic E-state index is 12.4. The number of carbonyl (C=O) groups is 1. The normalized spacial score (nSPS) is 10.4. The molecule has 0 aliphatic carbocycles. The Morgan fingerprint density at radius 2 is 1.64 bits per heavy atom. The van der Waals surface area contributed by atoms with E-state index in [1.165, 1.54) is 0 Å². The van der Waals surface area contributed by atoms with Crippen LogP contribution in [0.15, 0.2) is 79.0 Å². The summed E-state index contributed by atoms with van der Waals surface area (Å²) in [6, 6.07) is 24.8. The molecule has 3 aromatic carbocycles. The van der Waals surface area contributed by atoms with Crippen LogP contribution in [0.5, 0.6) is 0 Å². The van der Waals surface area contributed by atoms with Gasteiger partial charge in [-0.2, -0.15) is 5.26 Å². The van der Waals surface area contributed by atoms with Gasteiger partial charge in [0.1, 0.15) is 6.07 Å². The minimum atomic E-state index is -0.0692. The minimum Gasteiger partial charge on any atom is -0.361 e. The quantitative estimate of drug-likeness (QED) is 0.467. The molecule has 1 aromatic heterocycles. The van der Waals surface area contributed by atoms with Crippen molar-refractivity contribution in [2.45, 2.75) is 6.42 Å². The van der Waals surface area contributed by atoms with E-state index in [0.29, 0.717) is 12.0 Å². The lowest BCUT2D eigenvalue weighted by atomic mass is 10.1. The van der Waals surface area contributed by atoms with Gasteiger partial charge in [-0.1, -0.05) is 30.3 Å². The van der Waals surface area contributed by atoms with Gasteiger partial charge in [0.05, 0.1) is 17.7 Å². The average Bonchev–Trinajstić information content (AvgIpc) is 3.13. The summed E-state index contributed by atoms with van der Waals surface area (Å²) in [5.41, 5.74) is 4.90. The lowest BCUT2D eigenvalue weighted by Crippen LogP contribution is -2.14. The van der Waals surface area contributed by atoms with Crippen LogP contribution in [0, 0.1) is 11.3 Å². The molecule has 0 unspecified atom stereocenters. The van der Waals surface area contributed by atoms with Crippen LogP contribution in [0.2, 0.25) is 0 Å². The van der Waals surface area contributed by atoms with Gasteiger partial charge < -0.3 is 15.6 Å². The Bertz CT molecular complexity index is 1170. The van der Waals surface area contributed by atoms with E-state index in [1.807, 2.05) is 72.9 Å². The lowest BCUT2D eigenvalue weighted by Gasteiger charge is -2.10. The SMILES string of the molecule is N#Cc1ccccc1Nc1ccc(NC(=O)Cc2c[nH]c3ccccc23)cc1. The highest BCUT2D eigenvalue weighted by Gasteiger charge is 2.09. The molecule has 28 heavy (non-hydrogen) atoms. The molecule has 0 fully saturated rings. The van der Waals surface area contributed by atoms with Crippen molar-refractivity contribution in [1.82, 2.24) is 4.98 Å². The molecule has 0 spiro atoms. The molecule has 0 bridgehead atoms. The zero-order chi connectivity index (χ0) is 19.3. The zero-order valence-electron chi connectivity index (χ0n) is 15.1. The molecule has 0 saturated carbocycles. The first-order valence-corrected chi connectivity index (χ1v) is 8.94. The molecule has 0 aliphatic rings. The molecule has 4 rings (SSSR count). The number of fused-ring (bicyclic) bond motifs is 1. The third-order valence-electron chi connectivity index (χ3n) is 4.52. The van der Waals surface area contributed by atoms with Gasteiger partial charge in [0.25, 0.3) is 0 Å². The van der Waals surface area contributed by atoms with Crippen LogP contribution in [0.3, 0.4) is 0 Å². The molecule has 0 radical (unpaired) electrons. The maximum atomic E-state index is 12.4. The van der Waals surface area contributed by atoms with Crippen molar-refractivity contribution in [1.29, 1.82) is 5.26 Å². The zero-order valence-corrected chi connectivity index (χ0v) is 15.1. The molecule has 0 saturated heterocycles. The number of hydrogen-bond donors (Lipinski definition) is 3. The van der Waals surface area contributed by atoms with E-state index in [-0.39, 0.29) is 5.91 Å². The van der Waals surface area contributed by atoms with Crippen LogP contribution in [-0.2, 0) is 11.2 Å². The molecule has 5 heteroatoms. The number of rotatable bonds is 5. The number of aromatic amines is 1. The van der Waals surface area contributed by atoms with Crippen LogP contribution in [0.25, 0.3) is 10.9 Å². The molecule has 4 aromatic rings. The van der Waals surface area contributed by atoms with Crippen molar-refractivity contribution < 1.29 is 4.79 Å². The number of para-hydroxylation sites is 2. The number of aromatic nitrogens is 1. The molecule has 136 valence electrons. The van der Waals surface area contributed by atoms with Gasteiger partial charge in [0, 0.05) is 28.5 Å². The number of benzene rings is 3. The topological polar surface area (TPSA) is 80.7 Å². The highest BCUT2D eigenvalue weighted by atomic mass is 16.1. The smallest absolute Gasteiger partial charge is 0.228 e. The molecule has 0 atom stereocenters. The van der Waals surface area contributed by atoms with Gasteiger partial charge in [-0.05, 0) is 48.0 Å². The maximum Gasteiger partial charge on any atom is 0.228 e. The van der Waals surface area contributed by atoms with Crippen molar-refractivity contribution in [3.63, 3.8) is 0 Å². The van der Waals surface area contributed by atoms with Gasteiger partial charge in [-0.15, -0.1) is 0 Å². The molecular formula is C23H18N4O. The molecule has 1 heterocycles. The Kier molecular flexibility index (Phi) is 4.77. The Morgan fingerprint density at radius 3 is 2.46 bits per heavy atom. The first-order valence-electron chi connectivity index (χ1n) is 8.94. The van der Waals surface area contributed by atoms with E-state index >= 15 is 0 Å². The summed E-state index contributed by atoms with van der Waals surface area (Å²) in [7, 11) is 0. The fourth-order valence-corrected chi connectivity index (χ4v) is 3.14. The average molecular weight is 366 g/mol. The standard InChI is InChI=1S/C23H18N4O/c24-14-16-5-1-3-7-21(16)26-18-9-11-19(12-10-18)27-23(28)13-17-15-25-22-8-4-2-6-20(17)22/h1-12,15,25-26H,13H2,(H,27,28). The molecular weight excluding hydrogens is 348 g/mol. The number of nitrogens with zero attached hydrogens (tertiary/aromatic N) is 1. The summed E-state index contributed by atoms with van der Waals surface area (Å²) in [4.78, 5) is 15.6. The second-order valence-corrected chi connectivity index (χ2v) is 6.44. The van der Waals surface area contributed by atoms with Crippen molar-refractivity contribution in [2.24, 2.45) is 0 Å². The van der Waals surface area contributed by atoms with E-state index in [4.69, 9.17) is 0 Å². The summed E-state index contributed by atoms with van der Waals surface area (Å²) in [6.07, 6.45) is 2.18. The van der Waals surface area contributed by atoms with E-state index in [0.717, 1.165) is 33.5 Å². The summed E-state index contributed by atoms with van der Waals surface area (Å²) in [5, 5.41) is 16.4. The monoisotopic (exact) mass is 366 g/mol. The summed E-state index contributed by atoms with van der Waals surface area (Å²) in [6.45, 7) is 0. The predicted molar refractivity (Wildman–Crippen MR) is 112 cm³/mol. The molecule has 3 N–H and O–H groups in total. The van der Waals surface area contributed by atoms with Gasteiger partial charge in [-0.25, -0.2) is 0 Å². The van der Waals surface area contributed by atoms with Crippen LogP contribution in [0.4, 0.5) is 17.1 Å². The van der Waals surface area contributed by atoms with Gasteiger partial charge >= 0.3 is 0 Å². The first kappa shape index (κ1) is 17.4. The number of anilines is 3. The third kappa shape index (κ3) is 3.71. The fourth-order valence-electron chi connectivity index (χ4n) is 3.14. The van der Waals surface area contributed by atoms with Crippen molar-refractivity contribution >= 4 is 33.9 Å². The summed E-state index contributed by atoms with van der Waals surface area (Å²) in [5.74, 6) is -0.0692. The summed E-state index contributed by atoms with van der Waals surface area (Å²) >= 11 is 0. The van der Waals surface area contributed by atoms with Crippen LogP contribution in [0.1, 0.15) is 11.1 Å². The van der Waals surface area contributed by atoms with Gasteiger partial charge in [-0.3, -0.25) is 4.79 Å². The Balaban J connectivity index is 1.41. The Morgan fingerprint density at radius 1 is 0.929 bits per heavy atom. The number of amides is 1.